The van der Waals surface area contributed by atoms with E-state index in [1.807, 2.05) is 97.1 Å². The second kappa shape index (κ2) is 17.1. The van der Waals surface area contributed by atoms with Crippen molar-refractivity contribution in [2.45, 2.75) is 50.4 Å². The molecule has 0 bridgehead atoms. The standard InChI is InChI=1S/C43H41N5O10/c1-26(49)56-37-34(24-55-43(29-13-9-6-10-14-29,30-15-19-32(53-3)20-16-30)31-17-21-33(54-4)22-18-31)58-41(38(37)57-27(2)50)48-25-44-36-39(48)46-42(47-40(36)52)45-35(51)23-28-11-7-5-8-12-28/h5-22,25,34,37-38,41H,23-24H2,1-4H3,(H2,45,46,47,51,52)/t34-,37-,38-,41-/m1/s1. The topological polar surface area (TPSA) is 182 Å². The van der Waals surface area contributed by atoms with Crippen molar-refractivity contribution in [2.24, 2.45) is 0 Å². The van der Waals surface area contributed by atoms with Gasteiger partial charge in [-0.1, -0.05) is 84.9 Å². The Kier molecular flexibility index (Phi) is 11.6. The highest BCUT2D eigenvalue weighted by atomic mass is 16.7. The number of H-pyrrole nitrogens is 1. The number of benzene rings is 4. The van der Waals surface area contributed by atoms with Crippen LogP contribution in [0.4, 0.5) is 5.95 Å². The predicted molar refractivity (Wildman–Crippen MR) is 210 cm³/mol. The summed E-state index contributed by atoms with van der Waals surface area (Å²) in [5, 5.41) is 2.64. The second-order valence-electron chi connectivity index (χ2n) is 13.5. The number of ether oxygens (including phenoxy) is 6. The van der Waals surface area contributed by atoms with Gasteiger partial charge in [-0.2, -0.15) is 4.98 Å². The van der Waals surface area contributed by atoms with Crippen molar-refractivity contribution in [1.82, 2.24) is 19.5 Å². The number of anilines is 1. The third-order valence-electron chi connectivity index (χ3n) is 9.70. The number of imidazole rings is 1. The Morgan fingerprint density at radius 1 is 0.776 bits per heavy atom. The summed E-state index contributed by atoms with van der Waals surface area (Å²) in [5.41, 5.74) is 1.04. The van der Waals surface area contributed by atoms with Gasteiger partial charge >= 0.3 is 11.9 Å². The molecule has 15 nitrogen and oxygen atoms in total. The molecular weight excluding hydrogens is 746 g/mol. The number of aromatic amines is 1. The van der Waals surface area contributed by atoms with Gasteiger partial charge in [-0.25, -0.2) is 4.98 Å². The van der Waals surface area contributed by atoms with Gasteiger partial charge in [-0.15, -0.1) is 0 Å². The molecule has 1 aliphatic heterocycles. The number of hydrogen-bond acceptors (Lipinski definition) is 12. The van der Waals surface area contributed by atoms with Crippen molar-refractivity contribution in [3.05, 3.63) is 148 Å². The fourth-order valence-electron chi connectivity index (χ4n) is 7.13. The van der Waals surface area contributed by atoms with Crippen molar-refractivity contribution in [1.29, 1.82) is 0 Å². The Balaban J connectivity index is 1.28. The molecule has 0 spiro atoms. The quantitative estimate of drug-likeness (QED) is 0.110. The minimum atomic E-state index is -1.28. The van der Waals surface area contributed by atoms with Crippen molar-refractivity contribution < 1.29 is 42.8 Å². The lowest BCUT2D eigenvalue weighted by molar-refractivity contribution is -0.166. The van der Waals surface area contributed by atoms with Gasteiger partial charge < -0.3 is 28.4 Å². The Morgan fingerprint density at radius 3 is 1.90 bits per heavy atom. The molecule has 1 aliphatic rings. The number of rotatable bonds is 14. The lowest BCUT2D eigenvalue weighted by Crippen LogP contribution is -2.42. The summed E-state index contributed by atoms with van der Waals surface area (Å²) in [6, 6.07) is 33.6. The van der Waals surface area contributed by atoms with Crippen LogP contribution >= 0.6 is 0 Å². The van der Waals surface area contributed by atoms with E-state index >= 15 is 0 Å². The summed E-state index contributed by atoms with van der Waals surface area (Å²) >= 11 is 0. The van der Waals surface area contributed by atoms with Crippen LogP contribution in [0.1, 0.15) is 42.3 Å². The van der Waals surface area contributed by atoms with Crippen LogP contribution in [-0.4, -0.2) is 76.5 Å². The summed E-state index contributed by atoms with van der Waals surface area (Å²) in [4.78, 5) is 62.9. The van der Waals surface area contributed by atoms with E-state index in [1.54, 1.807) is 26.4 Å². The molecule has 58 heavy (non-hydrogen) atoms. The van der Waals surface area contributed by atoms with Crippen molar-refractivity contribution in [2.75, 3.05) is 26.1 Å². The zero-order valence-electron chi connectivity index (χ0n) is 32.1. The normalized spacial score (nSPS) is 17.7. The first-order valence-electron chi connectivity index (χ1n) is 18.4. The van der Waals surface area contributed by atoms with Crippen molar-refractivity contribution in [3.63, 3.8) is 0 Å². The molecule has 0 aliphatic carbocycles. The smallest absolute Gasteiger partial charge is 0.303 e. The fraction of sp³-hybridized carbons (Fsp3) is 0.256. The van der Waals surface area contributed by atoms with Crippen LogP contribution in [0.3, 0.4) is 0 Å². The van der Waals surface area contributed by atoms with Crippen LogP contribution in [0, 0.1) is 0 Å². The van der Waals surface area contributed by atoms with Gasteiger partial charge in [-0.05, 0) is 46.5 Å². The molecule has 0 unspecified atom stereocenters. The van der Waals surface area contributed by atoms with Gasteiger partial charge in [0.25, 0.3) is 5.56 Å². The van der Waals surface area contributed by atoms with Gasteiger partial charge in [0.15, 0.2) is 29.6 Å². The maximum atomic E-state index is 13.2. The number of nitrogens with zero attached hydrogens (tertiary/aromatic N) is 3. The molecule has 2 N–H and O–H groups in total. The Morgan fingerprint density at radius 2 is 1.33 bits per heavy atom. The monoisotopic (exact) mass is 787 g/mol. The molecule has 2 aromatic heterocycles. The highest BCUT2D eigenvalue weighted by Gasteiger charge is 2.52. The third kappa shape index (κ3) is 8.17. The number of aromatic nitrogens is 4. The van der Waals surface area contributed by atoms with Gasteiger partial charge in [0.2, 0.25) is 11.9 Å². The van der Waals surface area contributed by atoms with Gasteiger partial charge in [-0.3, -0.25) is 34.0 Å². The molecule has 6 aromatic rings. The highest BCUT2D eigenvalue weighted by Crippen LogP contribution is 2.43. The fourth-order valence-corrected chi connectivity index (χ4v) is 7.13. The molecule has 0 radical (unpaired) electrons. The number of methoxy groups -OCH3 is 2. The molecule has 1 saturated heterocycles. The number of carbonyl (C=O) groups excluding carboxylic acids is 3. The first kappa shape index (κ1) is 39.4. The highest BCUT2D eigenvalue weighted by molar-refractivity contribution is 5.91. The van der Waals surface area contributed by atoms with Crippen LogP contribution < -0.4 is 20.3 Å². The Hall–Kier alpha value is -6.84. The van der Waals surface area contributed by atoms with Crippen molar-refractivity contribution in [3.8, 4) is 11.5 Å². The number of esters is 2. The SMILES string of the molecule is COc1ccc(C(OC[C@H]2O[C@@H](n3cnc4c(=O)[nH]c(NC(=O)Cc5ccccc5)nc43)[C@H](OC(C)=O)[C@@H]2OC(C)=O)(c2ccccc2)c2ccc(OC)cc2)cc1. The molecule has 4 aromatic carbocycles. The van der Waals surface area contributed by atoms with Crippen LogP contribution in [-0.2, 0) is 45.4 Å². The van der Waals surface area contributed by atoms with E-state index in [-0.39, 0.29) is 30.1 Å². The largest absolute Gasteiger partial charge is 0.497 e. The first-order chi connectivity index (χ1) is 28.1. The number of hydrogen-bond donors (Lipinski definition) is 2. The van der Waals surface area contributed by atoms with E-state index in [1.165, 1.54) is 24.7 Å². The van der Waals surface area contributed by atoms with Crippen LogP contribution in [0.5, 0.6) is 11.5 Å². The Labute approximate surface area is 332 Å². The zero-order valence-corrected chi connectivity index (χ0v) is 32.1. The number of nitrogens with one attached hydrogen (secondary N) is 2. The minimum Gasteiger partial charge on any atom is -0.497 e. The third-order valence-corrected chi connectivity index (χ3v) is 9.70. The van der Waals surface area contributed by atoms with E-state index in [0.29, 0.717) is 11.5 Å². The molecule has 0 saturated carbocycles. The maximum absolute atomic E-state index is 13.2. The van der Waals surface area contributed by atoms with Gasteiger partial charge in [0.1, 0.15) is 23.2 Å². The number of amides is 1. The van der Waals surface area contributed by atoms with E-state index in [9.17, 15) is 19.2 Å². The summed E-state index contributed by atoms with van der Waals surface area (Å²) in [6.07, 6.45) is -3.38. The lowest BCUT2D eigenvalue weighted by Gasteiger charge is -2.37. The van der Waals surface area contributed by atoms with Gasteiger partial charge in [0, 0.05) is 13.8 Å². The molecule has 7 rings (SSSR count). The summed E-state index contributed by atoms with van der Waals surface area (Å²) < 4.78 is 37.7. The maximum Gasteiger partial charge on any atom is 0.303 e. The number of carbonyl (C=O) groups is 3. The number of fused-ring (bicyclic) bond motifs is 1. The Bertz CT molecular complexity index is 2390. The van der Waals surface area contributed by atoms with Gasteiger partial charge in [0.05, 0.1) is 33.6 Å². The van der Waals surface area contributed by atoms with E-state index < -0.39 is 53.5 Å². The molecule has 4 atom stereocenters. The molecule has 3 heterocycles. The van der Waals surface area contributed by atoms with E-state index in [0.717, 1.165) is 22.3 Å². The van der Waals surface area contributed by atoms with Crippen LogP contribution in [0.15, 0.2) is 120 Å². The van der Waals surface area contributed by atoms with Crippen LogP contribution in [0.25, 0.3) is 11.2 Å². The summed E-state index contributed by atoms with van der Waals surface area (Å²) in [5.74, 6) is -0.621. The lowest BCUT2D eigenvalue weighted by atomic mass is 9.80. The van der Waals surface area contributed by atoms with Crippen molar-refractivity contribution >= 4 is 35.0 Å². The van der Waals surface area contributed by atoms with Crippen LogP contribution in [0.2, 0.25) is 0 Å². The molecule has 1 fully saturated rings. The second-order valence-corrected chi connectivity index (χ2v) is 13.5. The summed E-state index contributed by atoms with van der Waals surface area (Å²) in [7, 11) is 3.17. The molecule has 298 valence electrons. The predicted octanol–water partition coefficient (Wildman–Crippen LogP) is 5.09. The molecular formula is C43H41N5O10. The first-order valence-corrected chi connectivity index (χ1v) is 18.4. The molecule has 1 amide bonds. The summed E-state index contributed by atoms with van der Waals surface area (Å²) in [6.45, 7) is 2.24. The average molecular weight is 788 g/mol. The van der Waals surface area contributed by atoms with E-state index in [2.05, 4.69) is 20.3 Å². The average Bonchev–Trinajstić information content (AvgIpc) is 3.79. The molecule has 15 heteroatoms. The van der Waals surface area contributed by atoms with E-state index in [4.69, 9.17) is 28.4 Å². The zero-order chi connectivity index (χ0) is 40.8. The minimum absolute atomic E-state index is 0.0131.